The average Bonchev–Trinajstić information content (AvgIpc) is 1.96. The Bertz CT molecular complexity index is 337. The van der Waals surface area contributed by atoms with Crippen LogP contribution in [0.15, 0.2) is 17.1 Å². The Morgan fingerprint density at radius 1 is 1.33 bits per heavy atom. The van der Waals surface area contributed by atoms with Gasteiger partial charge in [-0.3, -0.25) is 0 Å². The molecule has 1 nitrogen and oxygen atoms in total. The molecule has 0 saturated heterocycles. The summed E-state index contributed by atoms with van der Waals surface area (Å²) in [4.78, 5) is 3.58. The van der Waals surface area contributed by atoms with Crippen LogP contribution >= 0.6 is 35.4 Å². The van der Waals surface area contributed by atoms with Crippen molar-refractivity contribution in [2.75, 3.05) is 0 Å². The predicted octanol–water partition coefficient (Wildman–Crippen LogP) is 3.87. The lowest BCUT2D eigenvalue weighted by atomic mass is 10.3. The van der Waals surface area contributed by atoms with Gasteiger partial charge in [-0.25, -0.2) is 4.39 Å². The van der Waals surface area contributed by atoms with Crippen LogP contribution in [0.2, 0.25) is 10.0 Å². The van der Waals surface area contributed by atoms with Gasteiger partial charge in [0.05, 0.1) is 15.2 Å². The summed E-state index contributed by atoms with van der Waals surface area (Å²) in [6, 6.07) is 2.22. The van der Waals surface area contributed by atoms with Gasteiger partial charge in [0.25, 0.3) is 0 Å². The lowest BCUT2D eigenvalue weighted by molar-refractivity contribution is 0.628. The van der Waals surface area contributed by atoms with Crippen LogP contribution in [0, 0.1) is 5.82 Å². The van der Waals surface area contributed by atoms with Gasteiger partial charge >= 0.3 is 0 Å². The van der Waals surface area contributed by atoms with Crippen LogP contribution in [-0.4, -0.2) is 5.16 Å². The molecule has 0 aliphatic rings. The molecule has 0 heterocycles. The molecule has 1 aromatic rings. The molecule has 0 radical (unpaired) electrons. The zero-order chi connectivity index (χ0) is 9.14. The molecule has 0 aromatic heterocycles. The molecule has 0 fully saturated rings. The third-order valence-corrected chi connectivity index (χ3v) is 1.81. The van der Waals surface area contributed by atoms with Crippen molar-refractivity contribution in [3.05, 3.63) is 28.0 Å². The maximum Gasteiger partial charge on any atom is 0.126 e. The number of nitrogens with zero attached hydrogens (tertiary/aromatic N) is 1. The molecule has 0 unspecified atom stereocenters. The molecule has 0 N–H and O–H groups in total. The molecule has 0 bridgehead atoms. The second-order valence-electron chi connectivity index (χ2n) is 1.92. The van der Waals surface area contributed by atoms with Crippen molar-refractivity contribution in [1.29, 1.82) is 0 Å². The fraction of sp³-hybridized carbons (Fsp3) is 0. The highest BCUT2D eigenvalue weighted by atomic mass is 35.5. The van der Waals surface area contributed by atoms with Gasteiger partial charge in [0.2, 0.25) is 0 Å². The molecule has 0 spiro atoms. The van der Waals surface area contributed by atoms with Crippen LogP contribution in [0.5, 0.6) is 0 Å². The second-order valence-corrected chi connectivity index (χ2v) is 2.92. The van der Waals surface area contributed by atoms with E-state index in [-0.39, 0.29) is 15.7 Å². The Balaban J connectivity index is 3.37. The third kappa shape index (κ3) is 2.02. The lowest BCUT2D eigenvalue weighted by Gasteiger charge is -1.98. The minimum atomic E-state index is -0.506. The van der Waals surface area contributed by atoms with Crippen LogP contribution in [0.4, 0.5) is 10.1 Å². The highest BCUT2D eigenvalue weighted by molar-refractivity contribution is 7.78. The van der Waals surface area contributed by atoms with Gasteiger partial charge in [-0.1, -0.05) is 23.2 Å². The van der Waals surface area contributed by atoms with E-state index >= 15 is 0 Å². The summed E-state index contributed by atoms with van der Waals surface area (Å²) in [5.74, 6) is -0.506. The lowest BCUT2D eigenvalue weighted by Crippen LogP contribution is -1.76. The van der Waals surface area contributed by atoms with E-state index < -0.39 is 5.82 Å². The quantitative estimate of drug-likeness (QED) is 0.519. The Kier molecular flexibility index (Phi) is 3.18. The number of aliphatic imine (C=N–C) groups is 1. The normalized spacial score (nSPS) is 9.25. The number of isothiocyanates is 1. The molecule has 1 rings (SSSR count). The molecule has 12 heavy (non-hydrogen) atoms. The van der Waals surface area contributed by atoms with Gasteiger partial charge in [-0.2, -0.15) is 4.99 Å². The molecule has 62 valence electrons. The number of halogens is 3. The Morgan fingerprint density at radius 2 is 1.83 bits per heavy atom. The van der Waals surface area contributed by atoms with E-state index in [1.54, 1.807) is 0 Å². The number of rotatable bonds is 1. The SMILES string of the molecule is Fc1cc(Cl)c(N=C=S)c(Cl)c1. The Morgan fingerprint density at radius 3 is 2.25 bits per heavy atom. The monoisotopic (exact) mass is 221 g/mol. The fourth-order valence-electron chi connectivity index (χ4n) is 0.687. The van der Waals surface area contributed by atoms with Crippen molar-refractivity contribution in [2.45, 2.75) is 0 Å². The molecule has 0 aliphatic carbocycles. The van der Waals surface area contributed by atoms with Crippen LogP contribution < -0.4 is 0 Å². The molecule has 5 heteroatoms. The van der Waals surface area contributed by atoms with E-state index in [9.17, 15) is 4.39 Å². The molecular formula is C7H2Cl2FNS. The maximum absolute atomic E-state index is 12.6. The Labute approximate surface area is 83.8 Å². The van der Waals surface area contributed by atoms with Gasteiger partial charge in [-0.15, -0.1) is 0 Å². The first-order valence-corrected chi connectivity index (χ1v) is 4.04. The molecule has 0 saturated carbocycles. The fourth-order valence-corrected chi connectivity index (χ4v) is 1.32. The first kappa shape index (κ1) is 9.62. The Hall–Kier alpha value is -0.470. The van der Waals surface area contributed by atoms with E-state index in [1.807, 2.05) is 0 Å². The van der Waals surface area contributed by atoms with Crippen LogP contribution in [0.1, 0.15) is 0 Å². The summed E-state index contributed by atoms with van der Waals surface area (Å²) in [5, 5.41) is 2.35. The summed E-state index contributed by atoms with van der Waals surface area (Å²) in [7, 11) is 0. The van der Waals surface area contributed by atoms with E-state index in [0.717, 1.165) is 12.1 Å². The van der Waals surface area contributed by atoms with Gasteiger partial charge in [-0.05, 0) is 24.4 Å². The standard InChI is InChI=1S/C7H2Cl2FNS/c8-5-1-4(10)2-6(9)7(5)11-3-12/h1-2H. The van der Waals surface area contributed by atoms with E-state index in [1.165, 1.54) is 0 Å². The molecule has 0 aliphatic heterocycles. The molecule has 0 atom stereocenters. The minimum Gasteiger partial charge on any atom is -0.207 e. The summed E-state index contributed by atoms with van der Waals surface area (Å²) < 4.78 is 12.6. The highest BCUT2D eigenvalue weighted by Gasteiger charge is 2.06. The van der Waals surface area contributed by atoms with Crippen molar-refractivity contribution < 1.29 is 4.39 Å². The van der Waals surface area contributed by atoms with Crippen LogP contribution in [0.25, 0.3) is 0 Å². The van der Waals surface area contributed by atoms with Crippen molar-refractivity contribution in [3.8, 4) is 0 Å². The van der Waals surface area contributed by atoms with Crippen molar-refractivity contribution >= 4 is 46.3 Å². The van der Waals surface area contributed by atoms with Gasteiger partial charge in [0.1, 0.15) is 11.5 Å². The van der Waals surface area contributed by atoms with Gasteiger partial charge in [0, 0.05) is 0 Å². The van der Waals surface area contributed by atoms with Crippen LogP contribution in [-0.2, 0) is 0 Å². The summed E-state index contributed by atoms with van der Waals surface area (Å²) in [6.07, 6.45) is 0. The number of hydrogen-bond acceptors (Lipinski definition) is 2. The zero-order valence-electron chi connectivity index (χ0n) is 5.64. The first-order valence-electron chi connectivity index (χ1n) is 2.87. The molecule has 0 amide bonds. The van der Waals surface area contributed by atoms with Crippen molar-refractivity contribution in [3.63, 3.8) is 0 Å². The predicted molar refractivity (Wildman–Crippen MR) is 51.1 cm³/mol. The first-order chi connectivity index (χ1) is 5.65. The summed E-state index contributed by atoms with van der Waals surface area (Å²) in [5.41, 5.74) is 0.245. The highest BCUT2D eigenvalue weighted by Crippen LogP contribution is 2.33. The van der Waals surface area contributed by atoms with Gasteiger partial charge in [0.15, 0.2) is 0 Å². The number of benzene rings is 1. The van der Waals surface area contributed by atoms with E-state index in [0.29, 0.717) is 0 Å². The van der Waals surface area contributed by atoms with E-state index in [2.05, 4.69) is 22.4 Å². The number of thiocarbonyl (C=S) groups is 1. The van der Waals surface area contributed by atoms with E-state index in [4.69, 9.17) is 23.2 Å². The minimum absolute atomic E-state index is 0.123. The number of hydrogen-bond donors (Lipinski definition) is 0. The molecule has 1 aromatic carbocycles. The third-order valence-electron chi connectivity index (χ3n) is 1.14. The molecular weight excluding hydrogens is 220 g/mol. The van der Waals surface area contributed by atoms with Crippen LogP contribution in [0.3, 0.4) is 0 Å². The smallest absolute Gasteiger partial charge is 0.126 e. The van der Waals surface area contributed by atoms with Gasteiger partial charge < -0.3 is 0 Å². The summed E-state index contributed by atoms with van der Waals surface area (Å²) in [6.45, 7) is 0. The second kappa shape index (κ2) is 3.97. The topological polar surface area (TPSA) is 12.4 Å². The average molecular weight is 222 g/mol. The summed E-state index contributed by atoms with van der Waals surface area (Å²) >= 11 is 15.6. The maximum atomic E-state index is 12.6. The van der Waals surface area contributed by atoms with Crippen molar-refractivity contribution in [1.82, 2.24) is 0 Å². The largest absolute Gasteiger partial charge is 0.207 e. The zero-order valence-corrected chi connectivity index (χ0v) is 7.97. The van der Waals surface area contributed by atoms with Crippen molar-refractivity contribution in [2.24, 2.45) is 4.99 Å².